The molecular weight excluding hydrogens is 325 g/mol. The van der Waals surface area contributed by atoms with Crippen LogP contribution in [0, 0.1) is 18.2 Å². The number of hydrogen-bond donors (Lipinski definition) is 3. The Morgan fingerprint density at radius 3 is 2.24 bits per heavy atom. The highest BCUT2D eigenvalue weighted by atomic mass is 19.1. The van der Waals surface area contributed by atoms with Gasteiger partial charge in [-0.25, -0.2) is 4.39 Å². The van der Waals surface area contributed by atoms with Gasteiger partial charge in [0, 0.05) is 37.0 Å². The number of amides is 3. The zero-order valence-electron chi connectivity index (χ0n) is 15.2. The Morgan fingerprint density at radius 1 is 1.00 bits per heavy atom. The van der Waals surface area contributed by atoms with Crippen LogP contribution in [-0.2, 0) is 9.59 Å². The van der Waals surface area contributed by atoms with Crippen molar-refractivity contribution in [2.24, 2.45) is 5.41 Å². The van der Waals surface area contributed by atoms with Crippen molar-refractivity contribution in [3.63, 3.8) is 0 Å². The summed E-state index contributed by atoms with van der Waals surface area (Å²) in [5.74, 6) is -1.16. The molecule has 0 unspecified atom stereocenters. The Balaban J connectivity index is 2.22. The van der Waals surface area contributed by atoms with E-state index in [0.717, 1.165) is 0 Å². The monoisotopic (exact) mass is 351 g/mol. The van der Waals surface area contributed by atoms with Gasteiger partial charge in [-0.3, -0.25) is 14.4 Å². The van der Waals surface area contributed by atoms with Gasteiger partial charge in [0.1, 0.15) is 5.82 Å². The van der Waals surface area contributed by atoms with Gasteiger partial charge >= 0.3 is 0 Å². The molecule has 0 aromatic heterocycles. The molecule has 0 saturated carbocycles. The average Bonchev–Trinajstić information content (AvgIpc) is 2.53. The number of aryl methyl sites for hydroxylation is 1. The van der Waals surface area contributed by atoms with E-state index in [2.05, 4.69) is 16.0 Å². The van der Waals surface area contributed by atoms with Crippen LogP contribution >= 0.6 is 0 Å². The number of rotatable bonds is 7. The molecule has 0 aliphatic heterocycles. The Kier molecular flexibility index (Phi) is 7.54. The Bertz CT molecular complexity index is 639. The number of hydrogen-bond acceptors (Lipinski definition) is 3. The quantitative estimate of drug-likeness (QED) is 0.651. The number of nitrogens with one attached hydrogen (secondary N) is 3. The van der Waals surface area contributed by atoms with Gasteiger partial charge in [0.2, 0.25) is 11.8 Å². The Morgan fingerprint density at radius 2 is 1.64 bits per heavy atom. The van der Waals surface area contributed by atoms with Crippen LogP contribution in [0.15, 0.2) is 18.2 Å². The smallest absolute Gasteiger partial charge is 0.251 e. The largest absolute Gasteiger partial charge is 0.355 e. The Hall–Kier alpha value is -2.44. The molecule has 0 radical (unpaired) electrons. The average molecular weight is 351 g/mol. The number of carbonyl (C=O) groups is 3. The number of halogens is 1. The lowest BCUT2D eigenvalue weighted by Crippen LogP contribution is -2.38. The molecule has 1 rings (SSSR count). The highest BCUT2D eigenvalue weighted by Crippen LogP contribution is 2.12. The summed E-state index contributed by atoms with van der Waals surface area (Å²) < 4.78 is 13.4. The summed E-state index contributed by atoms with van der Waals surface area (Å²) in [7, 11) is 0. The summed E-state index contributed by atoms with van der Waals surface area (Å²) in [5, 5.41) is 7.94. The van der Waals surface area contributed by atoms with Crippen LogP contribution in [0.4, 0.5) is 4.39 Å². The second-order valence-electron chi connectivity index (χ2n) is 6.83. The minimum Gasteiger partial charge on any atom is -0.355 e. The molecule has 6 nitrogen and oxygen atoms in total. The van der Waals surface area contributed by atoms with Gasteiger partial charge in [-0.15, -0.1) is 0 Å². The third-order valence-corrected chi connectivity index (χ3v) is 3.49. The van der Waals surface area contributed by atoms with E-state index in [1.54, 1.807) is 33.8 Å². The van der Waals surface area contributed by atoms with E-state index >= 15 is 0 Å². The van der Waals surface area contributed by atoms with Gasteiger partial charge in [-0.05, 0) is 24.6 Å². The van der Waals surface area contributed by atoms with Gasteiger partial charge in [-0.1, -0.05) is 26.8 Å². The first-order chi connectivity index (χ1) is 11.6. The van der Waals surface area contributed by atoms with Gasteiger partial charge in [-0.2, -0.15) is 0 Å². The molecule has 0 bridgehead atoms. The Labute approximate surface area is 147 Å². The summed E-state index contributed by atoms with van der Waals surface area (Å²) in [4.78, 5) is 35.1. The molecule has 0 heterocycles. The maximum atomic E-state index is 13.4. The number of carbonyl (C=O) groups excluding carboxylic acids is 3. The van der Waals surface area contributed by atoms with E-state index in [1.807, 2.05) is 0 Å². The van der Waals surface area contributed by atoms with Crippen LogP contribution in [0.3, 0.4) is 0 Å². The first-order valence-corrected chi connectivity index (χ1v) is 8.20. The SMILES string of the molecule is Cc1ccc(C(=O)NCCNC(=O)CCNC(=O)C(C)(C)C)cc1F. The molecule has 0 aliphatic rings. The molecule has 0 aliphatic carbocycles. The predicted octanol–water partition coefficient (Wildman–Crippen LogP) is 1.53. The predicted molar refractivity (Wildman–Crippen MR) is 93.6 cm³/mol. The lowest BCUT2D eigenvalue weighted by atomic mass is 9.96. The molecule has 1 aromatic rings. The van der Waals surface area contributed by atoms with Gasteiger partial charge in [0.05, 0.1) is 0 Å². The molecule has 0 fully saturated rings. The van der Waals surface area contributed by atoms with E-state index < -0.39 is 17.1 Å². The van der Waals surface area contributed by atoms with E-state index in [0.29, 0.717) is 5.56 Å². The van der Waals surface area contributed by atoms with Crippen molar-refractivity contribution >= 4 is 17.7 Å². The normalized spacial score (nSPS) is 10.9. The van der Waals surface area contributed by atoms with E-state index in [-0.39, 0.29) is 43.4 Å². The fourth-order valence-electron chi connectivity index (χ4n) is 1.86. The van der Waals surface area contributed by atoms with E-state index in [4.69, 9.17) is 0 Å². The van der Waals surface area contributed by atoms with Gasteiger partial charge in [0.25, 0.3) is 5.91 Å². The molecular formula is C18H26FN3O3. The summed E-state index contributed by atoms with van der Waals surface area (Å²) in [5.41, 5.74) is 0.220. The maximum Gasteiger partial charge on any atom is 0.251 e. The topological polar surface area (TPSA) is 87.3 Å². The highest BCUT2D eigenvalue weighted by molar-refractivity contribution is 5.94. The van der Waals surface area contributed by atoms with Crippen LogP contribution < -0.4 is 16.0 Å². The van der Waals surface area contributed by atoms with Crippen LogP contribution in [0.1, 0.15) is 43.1 Å². The fraction of sp³-hybridized carbons (Fsp3) is 0.500. The van der Waals surface area contributed by atoms with Crippen LogP contribution in [0.2, 0.25) is 0 Å². The van der Waals surface area contributed by atoms with Gasteiger partial charge in [0.15, 0.2) is 0 Å². The van der Waals surface area contributed by atoms with Crippen LogP contribution in [-0.4, -0.2) is 37.4 Å². The molecule has 3 N–H and O–H groups in total. The molecule has 0 saturated heterocycles. The molecule has 0 atom stereocenters. The first-order valence-electron chi connectivity index (χ1n) is 8.20. The fourth-order valence-corrected chi connectivity index (χ4v) is 1.86. The zero-order valence-corrected chi connectivity index (χ0v) is 15.2. The lowest BCUT2D eigenvalue weighted by molar-refractivity contribution is -0.128. The standard InChI is InChI=1S/C18H26FN3O3/c1-12-5-6-13(11-14(12)19)16(24)21-10-9-20-15(23)7-8-22-17(25)18(2,3)4/h5-6,11H,7-10H2,1-4H3,(H,20,23)(H,21,24)(H,22,25). The third-order valence-electron chi connectivity index (χ3n) is 3.49. The second-order valence-corrected chi connectivity index (χ2v) is 6.83. The van der Waals surface area contributed by atoms with Crippen LogP contribution in [0.25, 0.3) is 0 Å². The van der Waals surface area contributed by atoms with Crippen molar-refractivity contribution < 1.29 is 18.8 Å². The van der Waals surface area contributed by atoms with Crippen molar-refractivity contribution in [2.45, 2.75) is 34.1 Å². The molecule has 138 valence electrons. The molecule has 7 heteroatoms. The molecule has 3 amide bonds. The lowest BCUT2D eigenvalue weighted by Gasteiger charge is -2.17. The second kappa shape index (κ2) is 9.15. The highest BCUT2D eigenvalue weighted by Gasteiger charge is 2.20. The van der Waals surface area contributed by atoms with Crippen LogP contribution in [0.5, 0.6) is 0 Å². The van der Waals surface area contributed by atoms with Crippen molar-refractivity contribution in [1.82, 2.24) is 16.0 Å². The van der Waals surface area contributed by atoms with Crippen molar-refractivity contribution in [1.29, 1.82) is 0 Å². The molecule has 25 heavy (non-hydrogen) atoms. The summed E-state index contributed by atoms with van der Waals surface area (Å²) >= 11 is 0. The van der Waals surface area contributed by atoms with E-state index in [1.165, 1.54) is 12.1 Å². The summed E-state index contributed by atoms with van der Waals surface area (Å²) in [6.45, 7) is 7.76. The van der Waals surface area contributed by atoms with Gasteiger partial charge < -0.3 is 16.0 Å². The van der Waals surface area contributed by atoms with Crippen molar-refractivity contribution in [3.05, 3.63) is 35.1 Å². The molecule has 0 spiro atoms. The van der Waals surface area contributed by atoms with Crippen molar-refractivity contribution in [2.75, 3.05) is 19.6 Å². The maximum absolute atomic E-state index is 13.4. The third kappa shape index (κ3) is 7.32. The number of benzene rings is 1. The molecule has 1 aromatic carbocycles. The summed E-state index contributed by atoms with van der Waals surface area (Å²) in [6.07, 6.45) is 0.166. The zero-order chi connectivity index (χ0) is 19.0. The van der Waals surface area contributed by atoms with E-state index in [9.17, 15) is 18.8 Å². The minimum atomic E-state index is -0.490. The van der Waals surface area contributed by atoms with Crippen molar-refractivity contribution in [3.8, 4) is 0 Å². The minimum absolute atomic E-state index is 0.113. The first kappa shape index (κ1) is 20.6. The summed E-state index contributed by atoms with van der Waals surface area (Å²) in [6, 6.07) is 4.27.